The zero-order valence-corrected chi connectivity index (χ0v) is 17.3. The third kappa shape index (κ3) is 5.13. The molecule has 4 rings (SSSR count). The standard InChI is InChI=1S/C21H19ClFN5O3/c1-2-27-10-14(8-24-27)11-28-12-16(9-25-28)26-21(29)20-6-4-17(31-20)13-30-19-5-3-15(23)7-18(19)22/h3-10,12H,2,11,13H2,1H3,(H,26,29). The van der Waals surface area contributed by atoms with E-state index in [1.807, 2.05) is 17.8 Å². The molecular formula is C21H19ClFN5O3. The van der Waals surface area contributed by atoms with Gasteiger partial charge in [0, 0.05) is 24.5 Å². The second-order valence-electron chi connectivity index (χ2n) is 6.71. The van der Waals surface area contributed by atoms with Crippen LogP contribution in [0.15, 0.2) is 59.5 Å². The lowest BCUT2D eigenvalue weighted by atomic mass is 10.3. The van der Waals surface area contributed by atoms with Crippen LogP contribution in [0.1, 0.15) is 28.8 Å². The molecule has 0 bridgehead atoms. The van der Waals surface area contributed by atoms with Gasteiger partial charge in [0.05, 0.1) is 29.6 Å². The lowest BCUT2D eigenvalue weighted by Crippen LogP contribution is -2.10. The highest BCUT2D eigenvalue weighted by Crippen LogP contribution is 2.26. The summed E-state index contributed by atoms with van der Waals surface area (Å²) >= 11 is 5.93. The van der Waals surface area contributed by atoms with Crippen LogP contribution >= 0.6 is 11.6 Å². The Balaban J connectivity index is 1.33. The summed E-state index contributed by atoms with van der Waals surface area (Å²) in [6.07, 6.45) is 7.02. The van der Waals surface area contributed by atoms with Crippen LogP contribution in [0.25, 0.3) is 0 Å². The number of benzene rings is 1. The van der Waals surface area contributed by atoms with Crippen LogP contribution in [0.2, 0.25) is 5.02 Å². The fourth-order valence-electron chi connectivity index (χ4n) is 2.87. The first-order chi connectivity index (χ1) is 15.0. The van der Waals surface area contributed by atoms with Crippen molar-refractivity contribution in [3.8, 4) is 5.75 Å². The fraction of sp³-hybridized carbons (Fsp3) is 0.190. The maximum absolute atomic E-state index is 13.1. The molecular weight excluding hydrogens is 425 g/mol. The minimum Gasteiger partial charge on any atom is -0.484 e. The van der Waals surface area contributed by atoms with Crippen molar-refractivity contribution >= 4 is 23.2 Å². The van der Waals surface area contributed by atoms with Gasteiger partial charge in [0.25, 0.3) is 5.91 Å². The Morgan fingerprint density at radius 2 is 2.03 bits per heavy atom. The van der Waals surface area contributed by atoms with Crippen LogP contribution in [0.4, 0.5) is 10.1 Å². The van der Waals surface area contributed by atoms with Crippen molar-refractivity contribution in [2.75, 3.05) is 5.32 Å². The highest BCUT2D eigenvalue weighted by atomic mass is 35.5. The third-order valence-electron chi connectivity index (χ3n) is 4.40. The average molecular weight is 444 g/mol. The Morgan fingerprint density at radius 1 is 1.19 bits per heavy atom. The Kier molecular flexibility index (Phi) is 6.03. The van der Waals surface area contributed by atoms with E-state index in [4.69, 9.17) is 20.8 Å². The lowest BCUT2D eigenvalue weighted by molar-refractivity contribution is 0.0992. The Labute approximate surface area is 182 Å². The van der Waals surface area contributed by atoms with Gasteiger partial charge in [-0.15, -0.1) is 0 Å². The Hall–Kier alpha value is -3.59. The molecule has 0 aliphatic heterocycles. The number of carbonyl (C=O) groups excluding carboxylic acids is 1. The van der Waals surface area contributed by atoms with Crippen molar-refractivity contribution in [3.63, 3.8) is 0 Å². The van der Waals surface area contributed by atoms with E-state index in [2.05, 4.69) is 15.5 Å². The predicted molar refractivity (Wildman–Crippen MR) is 112 cm³/mol. The maximum Gasteiger partial charge on any atom is 0.291 e. The molecule has 1 aromatic carbocycles. The summed E-state index contributed by atoms with van der Waals surface area (Å²) in [5.41, 5.74) is 1.56. The van der Waals surface area contributed by atoms with Gasteiger partial charge >= 0.3 is 0 Å². The molecule has 0 fully saturated rings. The first-order valence-electron chi connectivity index (χ1n) is 9.52. The van der Waals surface area contributed by atoms with Crippen LogP contribution in [0.5, 0.6) is 5.75 Å². The molecule has 1 N–H and O–H groups in total. The summed E-state index contributed by atoms with van der Waals surface area (Å²) in [7, 11) is 0. The monoisotopic (exact) mass is 443 g/mol. The number of aryl methyl sites for hydroxylation is 1. The Morgan fingerprint density at radius 3 is 2.81 bits per heavy atom. The molecule has 10 heteroatoms. The average Bonchev–Trinajstić information content (AvgIpc) is 3.49. The van der Waals surface area contributed by atoms with Gasteiger partial charge in [-0.05, 0) is 37.3 Å². The van der Waals surface area contributed by atoms with Crippen molar-refractivity contribution in [1.82, 2.24) is 19.6 Å². The topological polar surface area (TPSA) is 87.1 Å². The molecule has 0 saturated carbocycles. The molecule has 0 unspecified atom stereocenters. The quantitative estimate of drug-likeness (QED) is 0.437. The van der Waals surface area contributed by atoms with Gasteiger partial charge in [0.2, 0.25) is 0 Å². The molecule has 0 aliphatic rings. The second kappa shape index (κ2) is 9.05. The van der Waals surface area contributed by atoms with E-state index in [1.54, 1.807) is 35.4 Å². The van der Waals surface area contributed by atoms with E-state index < -0.39 is 11.7 Å². The number of hydrogen-bond acceptors (Lipinski definition) is 5. The molecule has 31 heavy (non-hydrogen) atoms. The normalized spacial score (nSPS) is 10.9. The summed E-state index contributed by atoms with van der Waals surface area (Å²) in [5.74, 6) is 0.00962. The van der Waals surface area contributed by atoms with Gasteiger partial charge in [-0.1, -0.05) is 11.6 Å². The molecule has 0 spiro atoms. The fourth-order valence-corrected chi connectivity index (χ4v) is 3.10. The van der Waals surface area contributed by atoms with E-state index in [0.717, 1.165) is 18.2 Å². The van der Waals surface area contributed by atoms with Gasteiger partial charge in [-0.3, -0.25) is 14.2 Å². The van der Waals surface area contributed by atoms with Gasteiger partial charge in [-0.2, -0.15) is 10.2 Å². The van der Waals surface area contributed by atoms with Crippen LogP contribution in [0, 0.1) is 5.82 Å². The SMILES string of the molecule is CCn1cc(Cn2cc(NC(=O)c3ccc(COc4ccc(F)cc4Cl)o3)cn2)cn1. The number of aromatic nitrogens is 4. The number of carbonyl (C=O) groups is 1. The van der Waals surface area contributed by atoms with Crippen molar-refractivity contribution in [1.29, 1.82) is 0 Å². The highest BCUT2D eigenvalue weighted by molar-refractivity contribution is 6.32. The molecule has 3 aromatic heterocycles. The minimum absolute atomic E-state index is 0.0437. The van der Waals surface area contributed by atoms with E-state index in [-0.39, 0.29) is 17.4 Å². The smallest absolute Gasteiger partial charge is 0.291 e. The number of nitrogens with zero attached hydrogens (tertiary/aromatic N) is 4. The summed E-state index contributed by atoms with van der Waals surface area (Å²) in [6, 6.07) is 7.01. The van der Waals surface area contributed by atoms with E-state index >= 15 is 0 Å². The number of ether oxygens (including phenoxy) is 1. The summed E-state index contributed by atoms with van der Waals surface area (Å²) in [4.78, 5) is 12.4. The van der Waals surface area contributed by atoms with Crippen molar-refractivity contribution in [2.24, 2.45) is 0 Å². The van der Waals surface area contributed by atoms with Crippen LogP contribution in [-0.2, 0) is 19.7 Å². The molecule has 0 atom stereocenters. The van der Waals surface area contributed by atoms with Gasteiger partial charge < -0.3 is 14.5 Å². The number of halogens is 2. The van der Waals surface area contributed by atoms with Gasteiger partial charge in [0.15, 0.2) is 5.76 Å². The number of amides is 1. The van der Waals surface area contributed by atoms with E-state index in [1.165, 1.54) is 12.1 Å². The summed E-state index contributed by atoms with van der Waals surface area (Å²) in [5, 5.41) is 11.4. The second-order valence-corrected chi connectivity index (χ2v) is 7.12. The third-order valence-corrected chi connectivity index (χ3v) is 4.69. The Bertz CT molecular complexity index is 1200. The zero-order chi connectivity index (χ0) is 21.8. The number of hydrogen-bond donors (Lipinski definition) is 1. The molecule has 160 valence electrons. The summed E-state index contributed by atoms with van der Waals surface area (Å²) in [6.45, 7) is 3.40. The molecule has 4 aromatic rings. The highest BCUT2D eigenvalue weighted by Gasteiger charge is 2.14. The van der Waals surface area contributed by atoms with Gasteiger partial charge in [-0.25, -0.2) is 4.39 Å². The molecule has 0 aliphatic carbocycles. The largest absolute Gasteiger partial charge is 0.484 e. The van der Waals surface area contributed by atoms with Crippen molar-refractivity contribution < 1.29 is 18.3 Å². The zero-order valence-electron chi connectivity index (χ0n) is 16.6. The number of rotatable bonds is 8. The minimum atomic E-state index is -0.450. The summed E-state index contributed by atoms with van der Waals surface area (Å²) < 4.78 is 27.7. The van der Waals surface area contributed by atoms with Crippen molar-refractivity contribution in [2.45, 2.75) is 26.6 Å². The molecule has 1 amide bonds. The molecule has 0 saturated heterocycles. The van der Waals surface area contributed by atoms with E-state index in [0.29, 0.717) is 23.7 Å². The molecule has 0 radical (unpaired) electrons. The van der Waals surface area contributed by atoms with Crippen LogP contribution in [0.3, 0.4) is 0 Å². The molecule has 3 heterocycles. The van der Waals surface area contributed by atoms with Gasteiger partial charge in [0.1, 0.15) is 23.9 Å². The molecule has 8 nitrogen and oxygen atoms in total. The van der Waals surface area contributed by atoms with Crippen LogP contribution < -0.4 is 10.1 Å². The number of anilines is 1. The van der Waals surface area contributed by atoms with Crippen LogP contribution in [-0.4, -0.2) is 25.5 Å². The van der Waals surface area contributed by atoms with Crippen molar-refractivity contribution in [3.05, 3.63) is 83.0 Å². The first-order valence-corrected chi connectivity index (χ1v) is 9.89. The number of nitrogens with one attached hydrogen (secondary N) is 1. The first kappa shape index (κ1) is 20.7. The van der Waals surface area contributed by atoms with E-state index in [9.17, 15) is 9.18 Å². The number of furan rings is 1. The maximum atomic E-state index is 13.1. The predicted octanol–water partition coefficient (Wildman–Crippen LogP) is 4.36. The lowest BCUT2D eigenvalue weighted by Gasteiger charge is -2.06.